The van der Waals surface area contributed by atoms with Crippen LogP contribution in [-0.2, 0) is 32.1 Å². The molecule has 0 spiro atoms. The molecule has 2 atom stereocenters. The third-order valence-corrected chi connectivity index (χ3v) is 4.94. The smallest absolute Gasteiger partial charge is 0.329 e. The number of imidazole rings is 1. The Morgan fingerprint density at radius 2 is 2.04 bits per heavy atom. The highest BCUT2D eigenvalue weighted by atomic mass is 16.5. The first-order valence-electron chi connectivity index (χ1n) is 8.42. The van der Waals surface area contributed by atoms with Gasteiger partial charge in [0.2, 0.25) is 11.8 Å². The van der Waals surface area contributed by atoms with Crippen molar-refractivity contribution < 1.29 is 19.1 Å². The van der Waals surface area contributed by atoms with E-state index in [1.165, 1.54) is 12.0 Å². The van der Waals surface area contributed by atoms with Crippen LogP contribution in [0, 0.1) is 5.92 Å². The summed E-state index contributed by atoms with van der Waals surface area (Å²) in [5.74, 6) is -1.11. The van der Waals surface area contributed by atoms with Gasteiger partial charge in [-0.1, -0.05) is 0 Å². The number of nitrogens with zero attached hydrogens (tertiary/aromatic N) is 3. The number of fused-ring (bicyclic) bond motifs is 1. The van der Waals surface area contributed by atoms with Crippen molar-refractivity contribution in [2.24, 2.45) is 5.92 Å². The van der Waals surface area contributed by atoms with Gasteiger partial charge in [-0.15, -0.1) is 0 Å². The molecule has 136 valence electrons. The van der Waals surface area contributed by atoms with Crippen LogP contribution in [0.5, 0.6) is 0 Å². The van der Waals surface area contributed by atoms with Crippen molar-refractivity contribution in [3.05, 3.63) is 17.7 Å². The zero-order valence-electron chi connectivity index (χ0n) is 15.0. The minimum atomic E-state index is -0.702. The molecule has 1 aromatic rings. The zero-order valence-corrected chi connectivity index (χ0v) is 15.0. The fraction of sp³-hybridized carbons (Fsp3) is 0.647. The molecule has 0 bridgehead atoms. The lowest BCUT2D eigenvalue weighted by Gasteiger charge is -2.35. The van der Waals surface area contributed by atoms with Gasteiger partial charge >= 0.3 is 5.97 Å². The number of hydrogen-bond acceptors (Lipinski definition) is 5. The molecule has 0 saturated carbocycles. The van der Waals surface area contributed by atoms with E-state index in [9.17, 15) is 14.4 Å². The average molecular weight is 348 g/mol. The molecule has 0 aromatic carbocycles. The largest absolute Gasteiger partial charge is 0.467 e. The number of esters is 1. The Labute approximate surface area is 146 Å². The Balaban J connectivity index is 1.83. The highest BCUT2D eigenvalue weighted by Gasteiger charge is 2.44. The first-order chi connectivity index (χ1) is 11.7. The van der Waals surface area contributed by atoms with E-state index >= 15 is 0 Å². The Bertz CT molecular complexity index is 706. The highest BCUT2D eigenvalue weighted by Crippen LogP contribution is 2.30. The maximum absolute atomic E-state index is 13.1. The van der Waals surface area contributed by atoms with E-state index in [4.69, 9.17) is 4.74 Å². The summed E-state index contributed by atoms with van der Waals surface area (Å²) in [5, 5.41) is 0. The van der Waals surface area contributed by atoms with Crippen molar-refractivity contribution >= 4 is 17.8 Å². The van der Waals surface area contributed by atoms with Gasteiger partial charge < -0.3 is 19.5 Å². The molecular formula is C17H24N4O4. The molecule has 3 heterocycles. The van der Waals surface area contributed by atoms with Crippen LogP contribution in [0.1, 0.15) is 38.6 Å². The van der Waals surface area contributed by atoms with Crippen molar-refractivity contribution in [1.82, 2.24) is 19.8 Å². The number of H-pyrrole nitrogens is 1. The Kier molecular flexibility index (Phi) is 4.30. The second-order valence-corrected chi connectivity index (χ2v) is 7.61. The van der Waals surface area contributed by atoms with E-state index in [-0.39, 0.29) is 30.3 Å². The monoisotopic (exact) mass is 348 g/mol. The predicted molar refractivity (Wildman–Crippen MR) is 88.2 cm³/mol. The zero-order chi connectivity index (χ0) is 18.4. The van der Waals surface area contributed by atoms with Gasteiger partial charge in [0, 0.05) is 24.9 Å². The lowest BCUT2D eigenvalue weighted by atomic mass is 9.98. The van der Waals surface area contributed by atoms with Crippen LogP contribution in [0.3, 0.4) is 0 Å². The molecule has 1 N–H and O–H groups in total. The minimum absolute atomic E-state index is 0.0280. The van der Waals surface area contributed by atoms with Gasteiger partial charge in [0.1, 0.15) is 6.04 Å². The first kappa shape index (κ1) is 17.4. The molecule has 1 aromatic heterocycles. The Morgan fingerprint density at radius 3 is 2.64 bits per heavy atom. The van der Waals surface area contributed by atoms with Crippen molar-refractivity contribution in [3.8, 4) is 0 Å². The van der Waals surface area contributed by atoms with Crippen LogP contribution in [-0.4, -0.2) is 62.8 Å². The second-order valence-electron chi connectivity index (χ2n) is 7.61. The molecule has 0 radical (unpaired) electrons. The van der Waals surface area contributed by atoms with Gasteiger partial charge in [0.15, 0.2) is 0 Å². The summed E-state index contributed by atoms with van der Waals surface area (Å²) in [7, 11) is 1.31. The molecule has 1 fully saturated rings. The molecule has 2 aliphatic rings. The number of aromatic amines is 1. The summed E-state index contributed by atoms with van der Waals surface area (Å²) in [6, 6.07) is -0.702. The SMILES string of the molecule is COC(=O)C1Cc2nc[nH]c2CN1C(=O)C1CC(=O)N(C(C)(C)C)C1. The van der Waals surface area contributed by atoms with E-state index < -0.39 is 17.9 Å². The lowest BCUT2D eigenvalue weighted by molar-refractivity contribution is -0.155. The van der Waals surface area contributed by atoms with E-state index in [1.807, 2.05) is 20.8 Å². The predicted octanol–water partition coefficient (Wildman–Crippen LogP) is 0.483. The summed E-state index contributed by atoms with van der Waals surface area (Å²) in [6.07, 6.45) is 2.06. The maximum Gasteiger partial charge on any atom is 0.329 e. The normalized spacial score (nSPS) is 23.6. The van der Waals surface area contributed by atoms with Gasteiger partial charge in [-0.05, 0) is 20.8 Å². The molecule has 1 saturated heterocycles. The lowest BCUT2D eigenvalue weighted by Crippen LogP contribution is -2.51. The number of ether oxygens (including phenoxy) is 1. The van der Waals surface area contributed by atoms with Crippen LogP contribution >= 0.6 is 0 Å². The van der Waals surface area contributed by atoms with Gasteiger partial charge in [-0.2, -0.15) is 0 Å². The van der Waals surface area contributed by atoms with Crippen molar-refractivity contribution in [1.29, 1.82) is 0 Å². The number of amides is 2. The van der Waals surface area contributed by atoms with Crippen LogP contribution in [0.15, 0.2) is 6.33 Å². The van der Waals surface area contributed by atoms with E-state index in [0.29, 0.717) is 13.0 Å². The number of likely N-dealkylation sites (tertiary alicyclic amines) is 1. The second kappa shape index (κ2) is 6.16. The van der Waals surface area contributed by atoms with Gasteiger partial charge in [0.05, 0.1) is 37.3 Å². The fourth-order valence-electron chi connectivity index (χ4n) is 3.57. The summed E-state index contributed by atoms with van der Waals surface area (Å²) in [6.45, 7) is 6.50. The summed E-state index contributed by atoms with van der Waals surface area (Å²) < 4.78 is 4.87. The number of carbonyl (C=O) groups is 3. The molecule has 0 aliphatic carbocycles. The van der Waals surface area contributed by atoms with Gasteiger partial charge in [-0.25, -0.2) is 9.78 Å². The number of rotatable bonds is 2. The van der Waals surface area contributed by atoms with Crippen LogP contribution in [0.4, 0.5) is 0 Å². The van der Waals surface area contributed by atoms with Gasteiger partial charge in [0.25, 0.3) is 0 Å². The third-order valence-electron chi connectivity index (χ3n) is 4.94. The molecule has 8 nitrogen and oxygen atoms in total. The van der Waals surface area contributed by atoms with E-state index in [0.717, 1.165) is 11.4 Å². The fourth-order valence-corrected chi connectivity index (χ4v) is 3.57. The minimum Gasteiger partial charge on any atom is -0.467 e. The Hall–Kier alpha value is -2.38. The Morgan fingerprint density at radius 1 is 1.32 bits per heavy atom. The maximum atomic E-state index is 13.1. The standard InChI is InChI=1S/C17H24N4O4/c1-17(2,3)21-7-10(5-14(21)22)15(23)20-8-12-11(18-9-19-12)6-13(20)16(24)25-4/h9-10,13H,5-8H2,1-4H3,(H,18,19). The summed E-state index contributed by atoms with van der Waals surface area (Å²) in [4.78, 5) is 48.0. The number of nitrogens with one attached hydrogen (secondary N) is 1. The summed E-state index contributed by atoms with van der Waals surface area (Å²) in [5.41, 5.74) is 1.27. The molecule has 2 aliphatic heterocycles. The molecule has 2 unspecified atom stereocenters. The molecular weight excluding hydrogens is 324 g/mol. The first-order valence-corrected chi connectivity index (χ1v) is 8.42. The van der Waals surface area contributed by atoms with Crippen LogP contribution in [0.25, 0.3) is 0 Å². The van der Waals surface area contributed by atoms with Crippen LogP contribution in [0.2, 0.25) is 0 Å². The van der Waals surface area contributed by atoms with E-state index in [1.54, 1.807) is 11.2 Å². The third kappa shape index (κ3) is 3.12. The van der Waals surface area contributed by atoms with Crippen LogP contribution < -0.4 is 0 Å². The molecule has 8 heteroatoms. The van der Waals surface area contributed by atoms with Gasteiger partial charge in [-0.3, -0.25) is 9.59 Å². The quantitative estimate of drug-likeness (QED) is 0.785. The topological polar surface area (TPSA) is 95.6 Å². The number of carbonyl (C=O) groups excluding carboxylic acids is 3. The highest BCUT2D eigenvalue weighted by molar-refractivity contribution is 5.92. The number of hydrogen-bond donors (Lipinski definition) is 1. The van der Waals surface area contributed by atoms with E-state index in [2.05, 4.69) is 9.97 Å². The molecule has 3 rings (SSSR count). The molecule has 2 amide bonds. The van der Waals surface area contributed by atoms with Crippen molar-refractivity contribution in [2.45, 2.75) is 51.7 Å². The average Bonchev–Trinajstić information content (AvgIpc) is 3.17. The number of methoxy groups -OCH3 is 1. The molecule has 25 heavy (non-hydrogen) atoms. The summed E-state index contributed by atoms with van der Waals surface area (Å²) >= 11 is 0. The van der Waals surface area contributed by atoms with Crippen molar-refractivity contribution in [3.63, 3.8) is 0 Å². The number of aromatic nitrogens is 2. The van der Waals surface area contributed by atoms with Crippen molar-refractivity contribution in [2.75, 3.05) is 13.7 Å².